The number of rotatable bonds is 10. The van der Waals surface area contributed by atoms with E-state index < -0.39 is 5.97 Å². The minimum Gasteiger partial charge on any atom is -0.489 e. The number of aromatic nitrogens is 1. The normalized spacial score (nSPS) is 11.2. The summed E-state index contributed by atoms with van der Waals surface area (Å²) in [4.78, 5) is 11.7. The number of aryl methyl sites for hydroxylation is 2. The lowest BCUT2D eigenvalue weighted by Gasteiger charge is -2.10. The molecule has 5 rings (SSSR count). The molecular weight excluding hydrogens is 533 g/mol. The van der Waals surface area contributed by atoms with Crippen LogP contribution in [0.25, 0.3) is 21.9 Å². The van der Waals surface area contributed by atoms with E-state index in [4.69, 9.17) is 32.5 Å². The van der Waals surface area contributed by atoms with Gasteiger partial charge in [0.05, 0.1) is 16.8 Å². The molecule has 4 aromatic carbocycles. The first-order chi connectivity index (χ1) is 18.9. The van der Waals surface area contributed by atoms with E-state index in [-0.39, 0.29) is 0 Å². The Bertz CT molecular complexity index is 1610. The molecular formula is C32H27Cl2NO4. The van der Waals surface area contributed by atoms with Crippen molar-refractivity contribution in [2.24, 2.45) is 0 Å². The highest BCUT2D eigenvalue weighted by Gasteiger charge is 2.18. The van der Waals surface area contributed by atoms with Crippen LogP contribution in [-0.4, -0.2) is 16.2 Å². The molecule has 0 unspecified atom stereocenters. The summed E-state index contributed by atoms with van der Waals surface area (Å²) in [5.74, 6) is 0.612. The molecule has 1 N–H and O–H groups in total. The van der Waals surface area contributed by atoms with Crippen LogP contribution in [0.5, 0.6) is 5.75 Å². The molecule has 0 saturated carbocycles. The van der Waals surface area contributed by atoms with E-state index in [1.165, 1.54) is 0 Å². The highest BCUT2D eigenvalue weighted by atomic mass is 35.5. The number of carboxylic acids is 1. The van der Waals surface area contributed by atoms with Crippen molar-refractivity contribution in [3.63, 3.8) is 0 Å². The average molecular weight is 560 g/mol. The van der Waals surface area contributed by atoms with Gasteiger partial charge in [0, 0.05) is 16.5 Å². The van der Waals surface area contributed by atoms with Crippen molar-refractivity contribution >= 4 is 39.9 Å². The van der Waals surface area contributed by atoms with Gasteiger partial charge in [0.15, 0.2) is 0 Å². The Balaban J connectivity index is 1.32. The van der Waals surface area contributed by atoms with Crippen molar-refractivity contribution in [2.45, 2.75) is 39.2 Å². The van der Waals surface area contributed by atoms with Gasteiger partial charge >= 0.3 is 5.97 Å². The molecule has 7 heteroatoms. The molecule has 1 aromatic heterocycles. The number of ether oxygens (including phenoxy) is 1. The predicted octanol–water partition coefficient (Wildman–Crippen LogP) is 8.82. The maximum absolute atomic E-state index is 11.7. The Morgan fingerprint density at radius 3 is 2.31 bits per heavy atom. The van der Waals surface area contributed by atoms with Crippen molar-refractivity contribution in [1.29, 1.82) is 0 Å². The van der Waals surface area contributed by atoms with Gasteiger partial charge < -0.3 is 14.4 Å². The summed E-state index contributed by atoms with van der Waals surface area (Å²) in [6, 6.07) is 24.4. The van der Waals surface area contributed by atoms with Gasteiger partial charge in [-0.2, -0.15) is 0 Å². The molecule has 5 aromatic rings. The third kappa shape index (κ3) is 5.95. The number of aromatic carboxylic acids is 1. The van der Waals surface area contributed by atoms with E-state index >= 15 is 0 Å². The molecule has 39 heavy (non-hydrogen) atoms. The molecule has 1 heterocycles. The molecule has 0 atom stereocenters. The van der Waals surface area contributed by atoms with Crippen molar-refractivity contribution in [1.82, 2.24) is 5.16 Å². The van der Waals surface area contributed by atoms with Crippen molar-refractivity contribution < 1.29 is 19.2 Å². The zero-order chi connectivity index (χ0) is 27.4. The number of carbonyl (C=O) groups is 1. The standard InChI is InChI=1S/C32H27Cl2NO4/c1-2-5-31-27(30(35-39-31)17-16-25-28(33)8-4-9-29(25)34)19-38-23-14-12-20(13-15-23)22-11-10-21-6-3-7-24(32(36)37)26(21)18-22/h3-4,6-15,18H,2,5,16-17,19H2,1H3,(H,36,37). The number of hydrogen-bond acceptors (Lipinski definition) is 4. The summed E-state index contributed by atoms with van der Waals surface area (Å²) in [7, 11) is 0. The van der Waals surface area contributed by atoms with Gasteiger partial charge in [0.1, 0.15) is 18.1 Å². The lowest BCUT2D eigenvalue weighted by atomic mass is 9.98. The van der Waals surface area contributed by atoms with E-state index in [9.17, 15) is 9.90 Å². The Hall–Kier alpha value is -3.80. The average Bonchev–Trinajstić information content (AvgIpc) is 3.32. The van der Waals surface area contributed by atoms with Crippen LogP contribution < -0.4 is 4.74 Å². The first kappa shape index (κ1) is 26.8. The van der Waals surface area contributed by atoms with E-state index in [1.807, 2.05) is 66.7 Å². The Labute approximate surface area is 236 Å². The fourth-order valence-corrected chi connectivity index (χ4v) is 5.30. The maximum atomic E-state index is 11.7. The Morgan fingerprint density at radius 1 is 0.872 bits per heavy atom. The predicted molar refractivity (Wildman–Crippen MR) is 155 cm³/mol. The van der Waals surface area contributed by atoms with Crippen LogP contribution in [0, 0.1) is 0 Å². The fourth-order valence-electron chi connectivity index (χ4n) is 4.72. The smallest absolute Gasteiger partial charge is 0.336 e. The molecule has 0 radical (unpaired) electrons. The molecule has 0 aliphatic rings. The van der Waals surface area contributed by atoms with Crippen LogP contribution in [0.3, 0.4) is 0 Å². The molecule has 0 aliphatic heterocycles. The van der Waals surface area contributed by atoms with E-state index in [0.29, 0.717) is 40.4 Å². The van der Waals surface area contributed by atoms with Gasteiger partial charge in [-0.15, -0.1) is 0 Å². The molecule has 0 aliphatic carbocycles. The quantitative estimate of drug-likeness (QED) is 0.185. The molecule has 0 amide bonds. The second-order valence-electron chi connectivity index (χ2n) is 9.34. The highest BCUT2D eigenvalue weighted by molar-refractivity contribution is 6.36. The minimum atomic E-state index is -0.938. The number of halogens is 2. The summed E-state index contributed by atoms with van der Waals surface area (Å²) in [6.45, 7) is 2.43. The van der Waals surface area contributed by atoms with E-state index in [0.717, 1.165) is 57.7 Å². The van der Waals surface area contributed by atoms with Gasteiger partial charge in [-0.05, 0) is 83.1 Å². The second kappa shape index (κ2) is 11.9. The van der Waals surface area contributed by atoms with Crippen LogP contribution in [-0.2, 0) is 25.9 Å². The number of benzene rings is 4. The number of nitrogens with zero attached hydrogens (tertiary/aromatic N) is 1. The van der Waals surface area contributed by atoms with Crippen molar-refractivity contribution in [3.8, 4) is 16.9 Å². The molecule has 198 valence electrons. The van der Waals surface area contributed by atoms with E-state index in [1.54, 1.807) is 12.1 Å². The summed E-state index contributed by atoms with van der Waals surface area (Å²) < 4.78 is 11.8. The van der Waals surface area contributed by atoms with Crippen molar-refractivity contribution in [2.75, 3.05) is 0 Å². The van der Waals surface area contributed by atoms with Crippen LogP contribution in [0.1, 0.15) is 46.3 Å². The lowest BCUT2D eigenvalue weighted by Crippen LogP contribution is -2.03. The Morgan fingerprint density at radius 2 is 1.59 bits per heavy atom. The third-order valence-corrected chi connectivity index (χ3v) is 7.49. The fraction of sp³-hybridized carbons (Fsp3) is 0.188. The molecule has 0 bridgehead atoms. The second-order valence-corrected chi connectivity index (χ2v) is 10.2. The summed E-state index contributed by atoms with van der Waals surface area (Å²) in [6.07, 6.45) is 2.99. The molecule has 0 fully saturated rings. The first-order valence-corrected chi connectivity index (χ1v) is 13.6. The van der Waals surface area contributed by atoms with Crippen molar-refractivity contribution in [3.05, 3.63) is 117 Å². The maximum Gasteiger partial charge on any atom is 0.336 e. The van der Waals surface area contributed by atoms with Gasteiger partial charge in [0.2, 0.25) is 0 Å². The Kier molecular flexibility index (Phi) is 8.20. The van der Waals surface area contributed by atoms with Crippen LogP contribution in [0.4, 0.5) is 0 Å². The zero-order valence-corrected chi connectivity index (χ0v) is 22.9. The monoisotopic (exact) mass is 559 g/mol. The largest absolute Gasteiger partial charge is 0.489 e. The first-order valence-electron chi connectivity index (χ1n) is 12.8. The summed E-state index contributed by atoms with van der Waals surface area (Å²) in [5, 5.41) is 16.8. The topological polar surface area (TPSA) is 72.6 Å². The summed E-state index contributed by atoms with van der Waals surface area (Å²) >= 11 is 12.7. The van der Waals surface area contributed by atoms with Crippen LogP contribution >= 0.6 is 23.2 Å². The summed E-state index contributed by atoms with van der Waals surface area (Å²) in [5.41, 5.74) is 4.90. The molecule has 5 nitrogen and oxygen atoms in total. The lowest BCUT2D eigenvalue weighted by molar-refractivity contribution is 0.0699. The van der Waals surface area contributed by atoms with Gasteiger partial charge in [-0.25, -0.2) is 4.79 Å². The van der Waals surface area contributed by atoms with Crippen LogP contribution in [0.15, 0.2) is 83.4 Å². The molecule has 0 spiro atoms. The number of fused-ring (bicyclic) bond motifs is 1. The van der Waals surface area contributed by atoms with E-state index in [2.05, 4.69) is 12.1 Å². The van der Waals surface area contributed by atoms with Gasteiger partial charge in [-0.3, -0.25) is 0 Å². The zero-order valence-electron chi connectivity index (χ0n) is 21.4. The van der Waals surface area contributed by atoms with Gasteiger partial charge in [0.25, 0.3) is 0 Å². The highest BCUT2D eigenvalue weighted by Crippen LogP contribution is 2.30. The number of hydrogen-bond donors (Lipinski definition) is 1. The minimum absolute atomic E-state index is 0.290. The number of carboxylic acid groups (broad SMARTS) is 1. The SMILES string of the molecule is CCCc1onc(CCc2c(Cl)cccc2Cl)c1COc1ccc(-c2ccc3cccc(C(=O)O)c3c2)cc1. The third-order valence-electron chi connectivity index (χ3n) is 6.78. The van der Waals surface area contributed by atoms with Crippen LogP contribution in [0.2, 0.25) is 10.0 Å². The molecule has 0 saturated heterocycles. The van der Waals surface area contributed by atoms with Gasteiger partial charge in [-0.1, -0.05) is 77.7 Å².